The molecule has 12 rings (SSSR count). The maximum absolute atomic E-state index is 4.81. The zero-order valence-corrected chi connectivity index (χ0v) is 52.0. The van der Waals surface area contributed by atoms with Crippen LogP contribution in [0.3, 0.4) is 0 Å². The molecule has 0 aromatic heterocycles. The zero-order chi connectivity index (χ0) is 54.4. The first kappa shape index (κ1) is 61.9. The minimum Gasteiger partial charge on any atom is -0.0622 e. The molecule has 80 heavy (non-hydrogen) atoms. The van der Waals surface area contributed by atoms with Crippen LogP contribution in [-0.4, -0.2) is 0 Å². The third-order valence-electron chi connectivity index (χ3n) is 12.2. The van der Waals surface area contributed by atoms with Gasteiger partial charge in [0.25, 0.3) is 0 Å². The molecule has 0 heterocycles. The monoisotopic (exact) mass is 1330 g/mol. The van der Waals surface area contributed by atoms with Gasteiger partial charge in [-0.2, -0.15) is 0 Å². The van der Waals surface area contributed by atoms with E-state index in [9.17, 15) is 0 Å². The second kappa shape index (κ2) is 35.9. The Morgan fingerprint density at radius 3 is 0.275 bits per heavy atom. The van der Waals surface area contributed by atoms with Gasteiger partial charge in [0.2, 0.25) is 0 Å². The fourth-order valence-electron chi connectivity index (χ4n) is 8.71. The topological polar surface area (TPSA) is 0 Å². The van der Waals surface area contributed by atoms with Crippen molar-refractivity contribution < 1.29 is 36.4 Å². The second-order valence-electron chi connectivity index (χ2n) is 17.4. The van der Waals surface area contributed by atoms with Gasteiger partial charge in [-0.15, -0.1) is 0 Å². The molecular formula is C72H60Cl2P4Pd2. The van der Waals surface area contributed by atoms with Gasteiger partial charge in [-0.05, 0) is 95.3 Å². The van der Waals surface area contributed by atoms with Crippen LogP contribution < -0.4 is 63.7 Å². The molecule has 0 aliphatic carbocycles. The molecule has 0 aliphatic rings. The molecule has 0 radical (unpaired) electrons. The van der Waals surface area contributed by atoms with Crippen LogP contribution in [0, 0.1) is 0 Å². The number of benzene rings is 12. The summed E-state index contributed by atoms with van der Waals surface area (Å²) in [5.74, 6) is 0. The van der Waals surface area contributed by atoms with Crippen LogP contribution in [0.15, 0.2) is 364 Å². The Kier molecular flexibility index (Phi) is 27.8. The molecule has 0 unspecified atom stereocenters. The standard InChI is InChI=1S/4C18H15P.2ClH.2Pd/c4*1-4-10-16(11-5-1)19(17-12-6-2-7-13-17)18-14-8-3-9-15-18;;;;/h4*1-15H;2*1H;;/q;;;;;;;+2/p-2. The van der Waals surface area contributed by atoms with Crippen molar-refractivity contribution in [1.29, 1.82) is 0 Å². The molecule has 0 atom stereocenters. The molecule has 0 N–H and O–H groups in total. The summed E-state index contributed by atoms with van der Waals surface area (Å²) < 4.78 is 0. The van der Waals surface area contributed by atoms with E-state index in [1.54, 1.807) is 0 Å². The van der Waals surface area contributed by atoms with Crippen LogP contribution in [0.5, 0.6) is 0 Å². The predicted octanol–water partition coefficient (Wildman–Crippen LogP) is 15.2. The smallest absolute Gasteiger partial charge is 0 e. The van der Waals surface area contributed by atoms with Gasteiger partial charge in [-0.1, -0.05) is 364 Å². The van der Waals surface area contributed by atoms with E-state index in [-0.39, 0.29) is 36.4 Å². The van der Waals surface area contributed by atoms with Crippen LogP contribution >= 0.6 is 50.7 Å². The van der Waals surface area contributed by atoms with Crippen molar-refractivity contribution in [3.8, 4) is 0 Å². The van der Waals surface area contributed by atoms with Crippen LogP contribution in [0.1, 0.15) is 0 Å². The van der Waals surface area contributed by atoms with Gasteiger partial charge in [-0.25, -0.2) is 0 Å². The number of hydrogen-bond acceptors (Lipinski definition) is 0. The SMILES string of the molecule is [Cl][Pd][Cl].[Pd].c1ccc(P(c2ccccc2)c2ccccc2)cc1.c1ccc(P(c2ccccc2)c2ccccc2)cc1.c1ccc(P(c2ccccc2)c2ccccc2)cc1.c1ccc(P(c2ccccc2)c2ccccc2)cc1. The first-order valence-corrected chi connectivity index (χ1v) is 35.2. The molecule has 8 heteroatoms. The van der Waals surface area contributed by atoms with Gasteiger partial charge in [0.05, 0.1) is 0 Å². The Balaban J connectivity index is 0.000000151. The van der Waals surface area contributed by atoms with E-state index in [1.807, 2.05) is 0 Å². The summed E-state index contributed by atoms with van der Waals surface area (Å²) in [6, 6.07) is 129. The molecule has 0 fully saturated rings. The molecule has 0 saturated carbocycles. The Bertz CT molecular complexity index is 2610. The third kappa shape index (κ3) is 19.2. The second-order valence-corrected chi connectivity index (χ2v) is 28.7. The average Bonchev–Trinajstić information content (AvgIpc) is 3.54. The Morgan fingerprint density at radius 1 is 0.150 bits per heavy atom. The summed E-state index contributed by atoms with van der Waals surface area (Å²) in [7, 11) is 7.84. The maximum Gasteiger partial charge on any atom is 0 e. The van der Waals surface area contributed by atoms with Crippen LogP contribution in [0.4, 0.5) is 0 Å². The van der Waals surface area contributed by atoms with Gasteiger partial charge in [0, 0.05) is 20.4 Å². The summed E-state index contributed by atoms with van der Waals surface area (Å²) in [5, 5.41) is 16.8. The molecule has 0 saturated heterocycles. The van der Waals surface area contributed by atoms with Crippen molar-refractivity contribution in [1.82, 2.24) is 0 Å². The maximum atomic E-state index is 4.81. The van der Waals surface area contributed by atoms with E-state index >= 15 is 0 Å². The molecule has 0 nitrogen and oxygen atoms in total. The van der Waals surface area contributed by atoms with Gasteiger partial charge in [0.15, 0.2) is 0 Å². The zero-order valence-electron chi connectivity index (χ0n) is 43.8. The largest absolute Gasteiger partial charge is 0.0622 e. The third-order valence-corrected chi connectivity index (χ3v) is 21.9. The van der Waals surface area contributed by atoms with Crippen molar-refractivity contribution in [3.05, 3.63) is 364 Å². The fraction of sp³-hybridized carbons (Fsp3) is 0. The van der Waals surface area contributed by atoms with Crippen molar-refractivity contribution >= 4 is 114 Å². The van der Waals surface area contributed by atoms with Crippen LogP contribution in [-0.2, 0) is 36.4 Å². The van der Waals surface area contributed by atoms with Crippen LogP contribution in [0.2, 0.25) is 0 Å². The molecule has 402 valence electrons. The van der Waals surface area contributed by atoms with Crippen molar-refractivity contribution in [2.75, 3.05) is 0 Å². The molecule has 0 bridgehead atoms. The van der Waals surface area contributed by atoms with Crippen molar-refractivity contribution in [2.24, 2.45) is 0 Å². The van der Waals surface area contributed by atoms with Crippen molar-refractivity contribution in [3.63, 3.8) is 0 Å². The van der Waals surface area contributed by atoms with Gasteiger partial charge < -0.3 is 0 Å². The predicted molar refractivity (Wildman–Crippen MR) is 352 cm³/mol. The Morgan fingerprint density at radius 2 is 0.212 bits per heavy atom. The summed E-state index contributed by atoms with van der Waals surface area (Å²) in [4.78, 5) is 0. The number of halogens is 2. The fourth-order valence-corrected chi connectivity index (χ4v) is 17.9. The number of rotatable bonds is 12. The molecular weight excluding hydrogens is 1270 g/mol. The van der Waals surface area contributed by atoms with Crippen LogP contribution in [0.25, 0.3) is 0 Å². The molecule has 0 spiro atoms. The minimum absolute atomic E-state index is 0. The van der Waals surface area contributed by atoms with E-state index in [2.05, 4.69) is 364 Å². The molecule has 12 aromatic rings. The van der Waals surface area contributed by atoms with Crippen molar-refractivity contribution in [2.45, 2.75) is 0 Å². The summed E-state index contributed by atoms with van der Waals surface area (Å²) in [5.41, 5.74) is 0. The summed E-state index contributed by atoms with van der Waals surface area (Å²) in [6.45, 7) is 0. The van der Waals surface area contributed by atoms with Gasteiger partial charge >= 0.3 is 35.0 Å². The van der Waals surface area contributed by atoms with E-state index in [0.29, 0.717) is 0 Å². The molecule has 0 aliphatic heterocycles. The molecule has 0 amide bonds. The van der Waals surface area contributed by atoms with Gasteiger partial charge in [0.1, 0.15) is 0 Å². The molecule has 12 aromatic carbocycles. The average molecular weight is 1330 g/mol. The van der Waals surface area contributed by atoms with E-state index in [1.165, 1.54) is 63.7 Å². The van der Waals surface area contributed by atoms with Gasteiger partial charge in [-0.3, -0.25) is 0 Å². The summed E-state index contributed by atoms with van der Waals surface area (Å²) in [6.07, 6.45) is 0. The van der Waals surface area contributed by atoms with E-state index in [0.717, 1.165) is 0 Å². The quantitative estimate of drug-likeness (QED) is 0.0845. The Labute approximate surface area is 510 Å². The van der Waals surface area contributed by atoms with E-state index in [4.69, 9.17) is 19.1 Å². The normalized spacial score (nSPS) is 10.3. The minimum atomic E-state index is -0.446. The first-order valence-electron chi connectivity index (χ1n) is 25.9. The first-order chi connectivity index (χ1) is 39.2. The number of hydrogen-bond donors (Lipinski definition) is 0. The van der Waals surface area contributed by atoms with E-state index < -0.39 is 31.7 Å². The summed E-state index contributed by atoms with van der Waals surface area (Å²) >= 11 is -0.106. The Hall–Kier alpha value is -5.74.